The van der Waals surface area contributed by atoms with Crippen molar-refractivity contribution in [1.29, 1.82) is 0 Å². The molecule has 0 aliphatic carbocycles. The van der Waals surface area contributed by atoms with Gasteiger partial charge >= 0.3 is 0 Å². The summed E-state index contributed by atoms with van der Waals surface area (Å²) >= 11 is 1.71. The highest BCUT2D eigenvalue weighted by Gasteiger charge is 2.27. The van der Waals surface area contributed by atoms with Crippen LogP contribution in [0.25, 0.3) is 0 Å². The highest BCUT2D eigenvalue weighted by atomic mass is 32.2. The maximum atomic E-state index is 10.3. The molecule has 0 spiro atoms. The maximum Gasteiger partial charge on any atom is 0.124 e. The lowest BCUT2D eigenvalue weighted by Crippen LogP contribution is -2.24. The van der Waals surface area contributed by atoms with Crippen LogP contribution in [0.2, 0.25) is 0 Å². The quantitative estimate of drug-likeness (QED) is 0.692. The number of thioether (sulfide) groups is 1. The van der Waals surface area contributed by atoms with Crippen molar-refractivity contribution in [3.63, 3.8) is 0 Å². The number of rotatable bonds is 3. The molecule has 1 aliphatic heterocycles. The Hall–Kier alpha value is -2.79. The third kappa shape index (κ3) is 3.23. The normalized spacial score (nSPS) is 16.2. The Kier molecular flexibility index (Phi) is 4.15. The fourth-order valence-electron chi connectivity index (χ4n) is 2.87. The number of phenols is 2. The largest absolute Gasteiger partial charge is 0.508 e. The predicted octanol–water partition coefficient (Wildman–Crippen LogP) is 4.33. The van der Waals surface area contributed by atoms with Gasteiger partial charge in [-0.1, -0.05) is 18.2 Å². The smallest absolute Gasteiger partial charge is 0.124 e. The van der Waals surface area contributed by atoms with E-state index >= 15 is 0 Å². The molecule has 4 rings (SSSR count). The summed E-state index contributed by atoms with van der Waals surface area (Å²) in [4.78, 5) is 10.3. The molecule has 124 valence electrons. The molecule has 1 unspecified atom stereocenters. The van der Waals surface area contributed by atoms with Crippen LogP contribution in [0.5, 0.6) is 11.5 Å². The Morgan fingerprint density at radius 1 is 0.960 bits per heavy atom. The van der Waals surface area contributed by atoms with Crippen molar-refractivity contribution in [2.45, 2.75) is 16.6 Å². The number of aromatic hydroxyl groups is 2. The molecule has 3 aromatic rings. The number of nitrogens with zero attached hydrogens (tertiary/aromatic N) is 2. The third-order valence-corrected chi connectivity index (χ3v) is 5.33. The second-order valence-corrected chi connectivity index (χ2v) is 7.04. The molecule has 1 aliphatic rings. The monoisotopic (exact) mass is 348 g/mol. The summed E-state index contributed by atoms with van der Waals surface area (Å²) in [5, 5.41) is 20.2. The number of phenolic OH excluding ortho intramolecular Hbond substituents is 2. The minimum Gasteiger partial charge on any atom is -0.508 e. The van der Waals surface area contributed by atoms with Crippen molar-refractivity contribution in [2.24, 2.45) is 4.99 Å². The molecule has 25 heavy (non-hydrogen) atoms. The summed E-state index contributed by atoms with van der Waals surface area (Å²) in [7, 11) is 0. The summed E-state index contributed by atoms with van der Waals surface area (Å²) in [5.41, 5.74) is 3.15. The molecule has 0 amide bonds. The molecule has 0 bridgehead atoms. The number of hydrogen-bond acceptors (Lipinski definition) is 5. The fourth-order valence-corrected chi connectivity index (χ4v) is 4.11. The van der Waals surface area contributed by atoms with Crippen LogP contribution in [0.4, 0.5) is 5.69 Å². The molecule has 2 aromatic carbocycles. The van der Waals surface area contributed by atoms with E-state index in [-0.39, 0.29) is 16.7 Å². The van der Waals surface area contributed by atoms with Gasteiger partial charge in [0.05, 0.1) is 16.6 Å². The van der Waals surface area contributed by atoms with Crippen LogP contribution >= 0.6 is 11.8 Å². The van der Waals surface area contributed by atoms with Gasteiger partial charge in [-0.05, 0) is 42.5 Å². The summed E-state index contributed by atoms with van der Waals surface area (Å²) in [6.07, 6.45) is 2.47. The van der Waals surface area contributed by atoms with Gasteiger partial charge in [0.1, 0.15) is 11.5 Å². The van der Waals surface area contributed by atoms with E-state index in [9.17, 15) is 10.2 Å². The van der Waals surface area contributed by atoms with Gasteiger partial charge in [0, 0.05) is 28.8 Å². The minimum atomic E-state index is -0.00231. The van der Waals surface area contributed by atoms with E-state index in [0.717, 1.165) is 22.0 Å². The highest BCUT2D eigenvalue weighted by molar-refractivity contribution is 8.01. The van der Waals surface area contributed by atoms with Gasteiger partial charge in [0.2, 0.25) is 0 Å². The molecule has 1 aromatic heterocycles. The number of para-hydroxylation sites is 1. The SMILES string of the molecule is Oc1ccc(O)c(C2=Nc3ccccc3SC2Cc2ccccn2)c1. The fraction of sp³-hybridized carbons (Fsp3) is 0.100. The summed E-state index contributed by atoms with van der Waals surface area (Å²) < 4.78 is 0. The van der Waals surface area contributed by atoms with Crippen molar-refractivity contribution in [1.82, 2.24) is 4.98 Å². The lowest BCUT2D eigenvalue weighted by molar-refractivity contribution is 0.459. The zero-order valence-electron chi connectivity index (χ0n) is 13.3. The van der Waals surface area contributed by atoms with Crippen molar-refractivity contribution >= 4 is 23.2 Å². The van der Waals surface area contributed by atoms with E-state index < -0.39 is 0 Å². The van der Waals surface area contributed by atoms with Crippen molar-refractivity contribution in [3.05, 3.63) is 78.1 Å². The van der Waals surface area contributed by atoms with Crippen LogP contribution < -0.4 is 0 Å². The Labute approximate surface area is 149 Å². The number of hydrogen-bond donors (Lipinski definition) is 2. The topological polar surface area (TPSA) is 65.7 Å². The number of aliphatic imine (C=N–C) groups is 1. The molecule has 1 atom stereocenters. The van der Waals surface area contributed by atoms with E-state index in [1.165, 1.54) is 12.1 Å². The summed E-state index contributed by atoms with van der Waals surface area (Å²) in [5.74, 6) is 0.221. The van der Waals surface area contributed by atoms with Gasteiger partial charge in [0.15, 0.2) is 0 Å². The maximum absolute atomic E-state index is 10.3. The van der Waals surface area contributed by atoms with Gasteiger partial charge in [0.25, 0.3) is 0 Å². The standard InChI is InChI=1S/C20H16N2O2S/c23-14-8-9-17(24)15(12-14)20-19(11-13-5-3-4-10-21-13)25-18-7-2-1-6-16(18)22-20/h1-10,12,19,23-24H,11H2. The molecule has 0 saturated heterocycles. The van der Waals surface area contributed by atoms with Crippen LogP contribution in [-0.4, -0.2) is 26.2 Å². The Morgan fingerprint density at radius 3 is 2.64 bits per heavy atom. The number of aromatic nitrogens is 1. The highest BCUT2D eigenvalue weighted by Crippen LogP contribution is 2.41. The molecular weight excluding hydrogens is 332 g/mol. The van der Waals surface area contributed by atoms with Gasteiger partial charge in [-0.15, -0.1) is 11.8 Å². The molecule has 2 N–H and O–H groups in total. The first kappa shape index (κ1) is 15.7. The minimum absolute atomic E-state index is 0.00231. The van der Waals surface area contributed by atoms with Crippen molar-refractivity contribution < 1.29 is 10.2 Å². The average Bonchev–Trinajstić information content (AvgIpc) is 2.64. The van der Waals surface area contributed by atoms with Crippen LogP contribution in [0.1, 0.15) is 11.3 Å². The van der Waals surface area contributed by atoms with Crippen molar-refractivity contribution in [3.8, 4) is 11.5 Å². The third-order valence-electron chi connectivity index (χ3n) is 4.06. The average molecular weight is 348 g/mol. The van der Waals surface area contributed by atoms with Crippen LogP contribution in [-0.2, 0) is 6.42 Å². The summed E-state index contributed by atoms with van der Waals surface area (Å²) in [6.45, 7) is 0. The van der Waals surface area contributed by atoms with Crippen LogP contribution in [0, 0.1) is 0 Å². The first-order valence-electron chi connectivity index (χ1n) is 7.97. The van der Waals surface area contributed by atoms with E-state index in [1.54, 1.807) is 24.0 Å². The molecule has 0 fully saturated rings. The molecule has 2 heterocycles. The molecule has 0 saturated carbocycles. The van der Waals surface area contributed by atoms with E-state index in [0.29, 0.717) is 12.0 Å². The lowest BCUT2D eigenvalue weighted by atomic mass is 10.0. The Balaban J connectivity index is 1.80. The molecule has 0 radical (unpaired) electrons. The Morgan fingerprint density at radius 2 is 1.80 bits per heavy atom. The van der Waals surface area contributed by atoms with E-state index in [4.69, 9.17) is 4.99 Å². The van der Waals surface area contributed by atoms with Gasteiger partial charge in [-0.25, -0.2) is 0 Å². The van der Waals surface area contributed by atoms with Gasteiger partial charge < -0.3 is 10.2 Å². The van der Waals surface area contributed by atoms with Gasteiger partial charge in [-0.3, -0.25) is 9.98 Å². The van der Waals surface area contributed by atoms with E-state index in [2.05, 4.69) is 4.98 Å². The zero-order valence-corrected chi connectivity index (χ0v) is 14.1. The first-order valence-corrected chi connectivity index (χ1v) is 8.85. The van der Waals surface area contributed by atoms with E-state index in [1.807, 2.05) is 42.5 Å². The van der Waals surface area contributed by atoms with Crippen molar-refractivity contribution in [2.75, 3.05) is 0 Å². The number of benzene rings is 2. The Bertz CT molecular complexity index is 941. The first-order chi connectivity index (χ1) is 12.2. The zero-order chi connectivity index (χ0) is 17.2. The molecular formula is C20H16N2O2S. The van der Waals surface area contributed by atoms with Gasteiger partial charge in [-0.2, -0.15) is 0 Å². The number of fused-ring (bicyclic) bond motifs is 1. The number of pyridine rings is 1. The second-order valence-electron chi connectivity index (χ2n) is 5.80. The second kappa shape index (κ2) is 6.61. The predicted molar refractivity (Wildman–Crippen MR) is 100.0 cm³/mol. The summed E-state index contributed by atoms with van der Waals surface area (Å²) in [6, 6.07) is 18.3. The van der Waals surface area contributed by atoms with Crippen LogP contribution in [0.3, 0.4) is 0 Å². The lowest BCUT2D eigenvalue weighted by Gasteiger charge is -2.25. The van der Waals surface area contributed by atoms with Crippen LogP contribution in [0.15, 0.2) is 76.7 Å². The molecule has 5 heteroatoms. The molecule has 4 nitrogen and oxygen atoms in total.